The van der Waals surface area contributed by atoms with Crippen molar-refractivity contribution in [2.75, 3.05) is 0 Å². The van der Waals surface area contributed by atoms with Gasteiger partial charge in [0.15, 0.2) is 0 Å². The Morgan fingerprint density at radius 2 is 1.68 bits per heavy atom. The number of ether oxygens (including phenoxy) is 1. The van der Waals surface area contributed by atoms with Crippen LogP contribution in [0.2, 0.25) is 5.02 Å². The Balaban J connectivity index is 1.63. The van der Waals surface area contributed by atoms with Crippen LogP contribution >= 0.6 is 27.5 Å². The van der Waals surface area contributed by atoms with Gasteiger partial charge in [-0.25, -0.2) is 4.79 Å². The molecule has 0 aliphatic rings. The molecule has 0 spiro atoms. The molecule has 2 N–H and O–H groups in total. The van der Waals surface area contributed by atoms with Crippen molar-refractivity contribution in [3.63, 3.8) is 0 Å². The van der Waals surface area contributed by atoms with E-state index in [0.29, 0.717) is 28.5 Å². The van der Waals surface area contributed by atoms with Crippen molar-refractivity contribution in [2.24, 2.45) is 0 Å². The average Bonchev–Trinajstić information content (AvgIpc) is 2.75. The number of hydrogen-bond acceptors (Lipinski definition) is 3. The number of aryl methyl sites for hydroxylation is 1. The van der Waals surface area contributed by atoms with Crippen molar-refractivity contribution in [1.29, 1.82) is 0 Å². The van der Waals surface area contributed by atoms with E-state index >= 15 is 0 Å². The molecule has 0 fully saturated rings. The standard InChI is InChI=1S/C24H19BrClNO4/c25-20-3-1-2-4-22(20)31-19-12-7-17(8-13-19)15-21(24(29)30)27-23(28)14-9-16-5-10-18(26)11-6-16/h1-8,10-13,15H,9,14H2,(H,27,28)(H,29,30)/b21-15-. The second-order valence-electron chi connectivity index (χ2n) is 6.64. The van der Waals surface area contributed by atoms with Crippen LogP contribution in [-0.2, 0) is 16.0 Å². The van der Waals surface area contributed by atoms with Crippen molar-refractivity contribution in [1.82, 2.24) is 5.32 Å². The number of rotatable bonds is 8. The number of amides is 1. The monoisotopic (exact) mass is 499 g/mol. The highest BCUT2D eigenvalue weighted by atomic mass is 79.9. The van der Waals surface area contributed by atoms with Gasteiger partial charge in [0.2, 0.25) is 5.91 Å². The van der Waals surface area contributed by atoms with Gasteiger partial charge in [0.05, 0.1) is 4.47 Å². The molecule has 0 saturated carbocycles. The molecule has 0 heterocycles. The largest absolute Gasteiger partial charge is 0.477 e. The van der Waals surface area contributed by atoms with Gasteiger partial charge in [-0.3, -0.25) is 4.79 Å². The summed E-state index contributed by atoms with van der Waals surface area (Å²) in [7, 11) is 0. The lowest BCUT2D eigenvalue weighted by Crippen LogP contribution is -2.27. The van der Waals surface area contributed by atoms with Crippen LogP contribution in [-0.4, -0.2) is 17.0 Å². The van der Waals surface area contributed by atoms with Crippen molar-refractivity contribution in [3.8, 4) is 11.5 Å². The second kappa shape index (κ2) is 10.8. The van der Waals surface area contributed by atoms with E-state index in [9.17, 15) is 14.7 Å². The number of carbonyl (C=O) groups excluding carboxylic acids is 1. The number of nitrogens with one attached hydrogen (secondary N) is 1. The van der Waals surface area contributed by atoms with Crippen LogP contribution in [0.1, 0.15) is 17.5 Å². The van der Waals surface area contributed by atoms with Crippen LogP contribution in [0.15, 0.2) is 83.0 Å². The molecule has 0 aliphatic heterocycles. The van der Waals surface area contributed by atoms with E-state index in [0.717, 1.165) is 10.0 Å². The maximum Gasteiger partial charge on any atom is 0.352 e. The van der Waals surface area contributed by atoms with Gasteiger partial charge >= 0.3 is 5.97 Å². The normalized spacial score (nSPS) is 11.1. The Labute approximate surface area is 193 Å². The predicted molar refractivity (Wildman–Crippen MR) is 124 cm³/mol. The molecule has 0 aromatic heterocycles. The molecule has 5 nitrogen and oxygen atoms in total. The fraction of sp³-hybridized carbons (Fsp3) is 0.0833. The minimum Gasteiger partial charge on any atom is -0.477 e. The summed E-state index contributed by atoms with van der Waals surface area (Å²) >= 11 is 9.27. The lowest BCUT2D eigenvalue weighted by molar-refractivity contribution is -0.134. The third-order valence-electron chi connectivity index (χ3n) is 4.31. The Morgan fingerprint density at radius 1 is 1.00 bits per heavy atom. The van der Waals surface area contributed by atoms with Crippen LogP contribution in [0.3, 0.4) is 0 Å². The molecule has 3 aromatic rings. The SMILES string of the molecule is O=C(CCc1ccc(Cl)cc1)N/C(=C\c1ccc(Oc2ccccc2Br)cc1)C(=O)O. The zero-order valence-corrected chi connectivity index (χ0v) is 18.7. The van der Waals surface area contributed by atoms with Gasteiger partial charge in [0.1, 0.15) is 17.2 Å². The summed E-state index contributed by atoms with van der Waals surface area (Å²) in [5.74, 6) is -0.316. The van der Waals surface area contributed by atoms with Crippen LogP contribution in [0.25, 0.3) is 6.08 Å². The molecule has 0 bridgehead atoms. The van der Waals surface area contributed by atoms with E-state index in [1.54, 1.807) is 36.4 Å². The lowest BCUT2D eigenvalue weighted by atomic mass is 10.1. The molecule has 7 heteroatoms. The Bertz CT molecular complexity index is 1100. The number of para-hydroxylation sites is 1. The smallest absolute Gasteiger partial charge is 0.352 e. The van der Waals surface area contributed by atoms with Gasteiger partial charge in [-0.05, 0) is 76.0 Å². The quantitative estimate of drug-likeness (QED) is 0.368. The van der Waals surface area contributed by atoms with Crippen LogP contribution in [0.5, 0.6) is 11.5 Å². The molecule has 31 heavy (non-hydrogen) atoms. The molecular weight excluding hydrogens is 482 g/mol. The molecule has 3 rings (SSSR count). The third-order valence-corrected chi connectivity index (χ3v) is 5.22. The average molecular weight is 501 g/mol. The summed E-state index contributed by atoms with van der Waals surface area (Å²) in [4.78, 5) is 23.8. The van der Waals surface area contributed by atoms with E-state index in [1.807, 2.05) is 36.4 Å². The molecular formula is C24H19BrClNO4. The van der Waals surface area contributed by atoms with Gasteiger partial charge in [-0.15, -0.1) is 0 Å². The summed E-state index contributed by atoms with van der Waals surface area (Å²) in [6.07, 6.45) is 2.05. The van der Waals surface area contributed by atoms with Crippen molar-refractivity contribution in [3.05, 3.63) is 99.1 Å². The van der Waals surface area contributed by atoms with Crippen molar-refractivity contribution in [2.45, 2.75) is 12.8 Å². The minimum atomic E-state index is -1.21. The van der Waals surface area contributed by atoms with Crippen LogP contribution < -0.4 is 10.1 Å². The van der Waals surface area contributed by atoms with Gasteiger partial charge < -0.3 is 15.2 Å². The van der Waals surface area contributed by atoms with E-state index < -0.39 is 5.97 Å². The van der Waals surface area contributed by atoms with Gasteiger partial charge in [-0.1, -0.05) is 48.0 Å². The molecule has 3 aromatic carbocycles. The number of carboxylic acids is 1. The summed E-state index contributed by atoms with van der Waals surface area (Å²) in [6.45, 7) is 0. The third kappa shape index (κ3) is 6.98. The van der Waals surface area contributed by atoms with E-state index in [1.165, 1.54) is 6.08 Å². The number of aliphatic carboxylic acids is 1. The number of hydrogen-bond donors (Lipinski definition) is 2. The minimum absolute atomic E-state index is 0.158. The fourth-order valence-electron chi connectivity index (χ4n) is 2.73. The van der Waals surface area contributed by atoms with Crippen molar-refractivity contribution >= 4 is 45.5 Å². The highest BCUT2D eigenvalue weighted by molar-refractivity contribution is 9.10. The topological polar surface area (TPSA) is 75.6 Å². The zero-order chi connectivity index (χ0) is 22.2. The predicted octanol–water partition coefficient (Wildman–Crippen LogP) is 6.07. The Morgan fingerprint density at radius 3 is 2.32 bits per heavy atom. The highest BCUT2D eigenvalue weighted by Gasteiger charge is 2.12. The first-order valence-electron chi connectivity index (χ1n) is 9.42. The van der Waals surface area contributed by atoms with E-state index in [4.69, 9.17) is 16.3 Å². The van der Waals surface area contributed by atoms with Crippen LogP contribution in [0.4, 0.5) is 0 Å². The molecule has 0 saturated heterocycles. The first-order chi connectivity index (χ1) is 14.9. The first kappa shape index (κ1) is 22.6. The molecule has 158 valence electrons. The molecule has 0 atom stereocenters. The highest BCUT2D eigenvalue weighted by Crippen LogP contribution is 2.29. The number of benzene rings is 3. The second-order valence-corrected chi connectivity index (χ2v) is 7.93. The summed E-state index contributed by atoms with van der Waals surface area (Å²) < 4.78 is 6.63. The Hall–Kier alpha value is -3.09. The maximum atomic E-state index is 12.2. The number of carboxylic acid groups (broad SMARTS) is 1. The van der Waals surface area contributed by atoms with Crippen molar-refractivity contribution < 1.29 is 19.4 Å². The lowest BCUT2D eigenvalue weighted by Gasteiger charge is -2.09. The van der Waals surface area contributed by atoms with E-state index in [2.05, 4.69) is 21.2 Å². The Kier molecular flexibility index (Phi) is 7.87. The molecule has 0 unspecified atom stereocenters. The summed E-state index contributed by atoms with van der Waals surface area (Å²) in [5.41, 5.74) is 1.37. The molecule has 0 radical (unpaired) electrons. The van der Waals surface area contributed by atoms with Gasteiger partial charge in [0.25, 0.3) is 0 Å². The maximum absolute atomic E-state index is 12.2. The fourth-order valence-corrected chi connectivity index (χ4v) is 3.22. The number of carbonyl (C=O) groups is 2. The summed E-state index contributed by atoms with van der Waals surface area (Å²) in [5, 5.41) is 12.5. The van der Waals surface area contributed by atoms with E-state index in [-0.39, 0.29) is 18.0 Å². The van der Waals surface area contributed by atoms with Gasteiger partial charge in [-0.2, -0.15) is 0 Å². The zero-order valence-electron chi connectivity index (χ0n) is 16.3. The molecule has 0 aliphatic carbocycles. The number of halogens is 2. The van der Waals surface area contributed by atoms with Crippen LogP contribution in [0, 0.1) is 0 Å². The molecule has 1 amide bonds. The first-order valence-corrected chi connectivity index (χ1v) is 10.6. The van der Waals surface area contributed by atoms with Gasteiger partial charge in [0, 0.05) is 11.4 Å². The summed E-state index contributed by atoms with van der Waals surface area (Å²) in [6, 6.07) is 21.5.